The Morgan fingerprint density at radius 3 is 2.77 bits per heavy atom. The van der Waals surface area contributed by atoms with Gasteiger partial charge in [-0.25, -0.2) is 9.67 Å². The van der Waals surface area contributed by atoms with Crippen LogP contribution in [-0.4, -0.2) is 26.6 Å². The molecule has 1 aliphatic rings. The topological polar surface area (TPSA) is 88.9 Å². The number of fused-ring (bicyclic) bond motifs is 1. The second-order valence-corrected chi connectivity index (χ2v) is 7.72. The molecule has 160 valence electrons. The van der Waals surface area contributed by atoms with E-state index in [0.717, 1.165) is 22.0 Å². The summed E-state index contributed by atoms with van der Waals surface area (Å²) in [5, 5.41) is 5.36. The van der Waals surface area contributed by atoms with E-state index in [2.05, 4.69) is 20.7 Å². The number of rotatable bonds is 4. The van der Waals surface area contributed by atoms with E-state index >= 15 is 0 Å². The minimum Gasteiger partial charge on any atom is -0.352 e. The molecular formula is C20H15Cl2F2N5O2. The molecule has 11 heteroatoms. The van der Waals surface area contributed by atoms with Gasteiger partial charge in [-0.3, -0.25) is 9.59 Å². The molecule has 2 amide bonds. The van der Waals surface area contributed by atoms with Crippen molar-refractivity contribution in [1.82, 2.24) is 20.1 Å². The Morgan fingerprint density at radius 2 is 2.03 bits per heavy atom. The number of carbonyl (C=O) groups excluding carboxylic acids is 2. The highest BCUT2D eigenvalue weighted by Gasteiger charge is 2.39. The average Bonchev–Trinajstić information content (AvgIpc) is 3.09. The smallest absolute Gasteiger partial charge is 0.352 e. The van der Waals surface area contributed by atoms with Gasteiger partial charge in [0.15, 0.2) is 5.82 Å². The highest BCUT2D eigenvalue weighted by atomic mass is 35.5. The average molecular weight is 466 g/mol. The van der Waals surface area contributed by atoms with E-state index in [4.69, 9.17) is 23.2 Å². The molecule has 3 heterocycles. The number of hydrogen-bond donors (Lipinski definition) is 2. The van der Waals surface area contributed by atoms with E-state index in [0.29, 0.717) is 25.1 Å². The van der Waals surface area contributed by atoms with Gasteiger partial charge in [0.2, 0.25) is 5.91 Å². The lowest BCUT2D eigenvalue weighted by molar-refractivity contribution is -0.121. The summed E-state index contributed by atoms with van der Waals surface area (Å²) >= 11 is 11.3. The summed E-state index contributed by atoms with van der Waals surface area (Å²) in [5.41, 5.74) is 0.913. The zero-order valence-corrected chi connectivity index (χ0v) is 17.3. The van der Waals surface area contributed by atoms with E-state index in [9.17, 15) is 18.4 Å². The van der Waals surface area contributed by atoms with Crippen molar-refractivity contribution in [3.63, 3.8) is 0 Å². The molecule has 7 nitrogen and oxygen atoms in total. The first-order valence-corrected chi connectivity index (χ1v) is 9.95. The zero-order chi connectivity index (χ0) is 22.2. The molecule has 1 aliphatic heterocycles. The van der Waals surface area contributed by atoms with Gasteiger partial charge in [-0.05, 0) is 53.4 Å². The molecule has 0 radical (unpaired) electrons. The Balaban J connectivity index is 1.67. The number of aromatic nitrogens is 3. The van der Waals surface area contributed by atoms with Gasteiger partial charge in [0, 0.05) is 24.8 Å². The predicted molar refractivity (Wildman–Crippen MR) is 111 cm³/mol. The summed E-state index contributed by atoms with van der Waals surface area (Å²) in [4.78, 5) is 28.4. The second kappa shape index (κ2) is 8.24. The SMILES string of the molecule is O=C1CCc2ccc(NC(=O)c3cnn(-c4ncccc4Cl)c3C(F)(F)Cl)cc2CN1. The van der Waals surface area contributed by atoms with Crippen LogP contribution >= 0.6 is 23.2 Å². The lowest BCUT2D eigenvalue weighted by atomic mass is 10.0. The molecule has 2 N–H and O–H groups in total. The first-order valence-electron chi connectivity index (χ1n) is 9.20. The second-order valence-electron chi connectivity index (χ2n) is 6.84. The third-order valence-corrected chi connectivity index (χ3v) is 5.26. The fourth-order valence-electron chi connectivity index (χ4n) is 3.32. The first-order chi connectivity index (χ1) is 14.7. The monoisotopic (exact) mass is 465 g/mol. The number of benzene rings is 1. The van der Waals surface area contributed by atoms with Crippen LogP contribution in [0.3, 0.4) is 0 Å². The van der Waals surface area contributed by atoms with Crippen molar-refractivity contribution in [1.29, 1.82) is 0 Å². The minimum atomic E-state index is -3.91. The normalized spacial score (nSPS) is 13.9. The van der Waals surface area contributed by atoms with Crippen molar-refractivity contribution >= 4 is 40.7 Å². The van der Waals surface area contributed by atoms with E-state index in [1.807, 2.05) is 0 Å². The van der Waals surface area contributed by atoms with Crippen molar-refractivity contribution in [2.75, 3.05) is 5.32 Å². The number of aryl methyl sites for hydroxylation is 1. The Kier molecular flexibility index (Phi) is 5.63. The van der Waals surface area contributed by atoms with Gasteiger partial charge in [0.05, 0.1) is 16.8 Å². The highest BCUT2D eigenvalue weighted by molar-refractivity contribution is 6.32. The van der Waals surface area contributed by atoms with Crippen molar-refractivity contribution in [3.05, 3.63) is 70.1 Å². The number of nitrogens with zero attached hydrogens (tertiary/aromatic N) is 3. The van der Waals surface area contributed by atoms with Gasteiger partial charge < -0.3 is 10.6 Å². The summed E-state index contributed by atoms with van der Waals surface area (Å²) in [6, 6.07) is 8.11. The van der Waals surface area contributed by atoms with E-state index in [-0.39, 0.29) is 16.7 Å². The van der Waals surface area contributed by atoms with Gasteiger partial charge in [0.25, 0.3) is 5.91 Å². The van der Waals surface area contributed by atoms with Crippen molar-refractivity contribution in [2.24, 2.45) is 0 Å². The van der Waals surface area contributed by atoms with Gasteiger partial charge in [-0.2, -0.15) is 13.9 Å². The fraction of sp³-hybridized carbons (Fsp3) is 0.200. The van der Waals surface area contributed by atoms with Crippen molar-refractivity contribution in [3.8, 4) is 5.82 Å². The van der Waals surface area contributed by atoms with Gasteiger partial charge >= 0.3 is 5.38 Å². The van der Waals surface area contributed by atoms with Crippen LogP contribution in [0.2, 0.25) is 5.02 Å². The van der Waals surface area contributed by atoms with Crippen LogP contribution in [0.1, 0.15) is 33.6 Å². The number of alkyl halides is 3. The molecule has 0 spiro atoms. The molecule has 0 saturated carbocycles. The minimum absolute atomic E-state index is 0.0589. The van der Waals surface area contributed by atoms with Crippen LogP contribution in [0.5, 0.6) is 0 Å². The third-order valence-electron chi connectivity index (χ3n) is 4.78. The first kappa shape index (κ1) is 21.2. The standard InChI is InChI=1S/C20H15Cl2F2N5O2/c21-15-2-1-7-25-18(15)29-17(20(22,23)24)14(10-27-29)19(31)28-13-5-3-11-4-6-16(30)26-9-12(11)8-13/h1-3,5,7-8,10H,4,6,9H2,(H,26,30)(H,28,31). The number of carbonyl (C=O) groups is 2. The largest absolute Gasteiger partial charge is 0.365 e. The van der Waals surface area contributed by atoms with E-state index < -0.39 is 22.5 Å². The van der Waals surface area contributed by atoms with Crippen molar-refractivity contribution in [2.45, 2.75) is 24.8 Å². The molecule has 0 saturated heterocycles. The maximum Gasteiger partial charge on any atom is 0.365 e. The van der Waals surface area contributed by atoms with Crippen LogP contribution in [-0.2, 0) is 23.1 Å². The van der Waals surface area contributed by atoms with Crippen LogP contribution in [0.25, 0.3) is 5.82 Å². The van der Waals surface area contributed by atoms with E-state index in [1.54, 1.807) is 18.2 Å². The Hall–Kier alpha value is -3.04. The summed E-state index contributed by atoms with van der Waals surface area (Å²) in [6.45, 7) is 0.318. The molecule has 0 atom stereocenters. The number of anilines is 1. The summed E-state index contributed by atoms with van der Waals surface area (Å²) in [7, 11) is 0. The number of halogens is 4. The van der Waals surface area contributed by atoms with Crippen LogP contribution < -0.4 is 10.6 Å². The Bertz CT molecular complexity index is 1180. The summed E-state index contributed by atoms with van der Waals surface area (Å²) < 4.78 is 29.2. The molecule has 4 rings (SSSR count). The maximum absolute atomic E-state index is 14.2. The molecule has 1 aromatic carbocycles. The number of amides is 2. The predicted octanol–water partition coefficient (Wildman–Crippen LogP) is 4.02. The number of nitrogens with one attached hydrogen (secondary N) is 2. The summed E-state index contributed by atoms with van der Waals surface area (Å²) in [5.74, 6) is -0.970. The molecule has 3 aromatic rings. The molecule has 0 aliphatic carbocycles. The van der Waals surface area contributed by atoms with Gasteiger partial charge in [-0.15, -0.1) is 0 Å². The lowest BCUT2D eigenvalue weighted by Crippen LogP contribution is -2.21. The quantitative estimate of drug-likeness (QED) is 0.569. The van der Waals surface area contributed by atoms with Crippen LogP contribution in [0, 0.1) is 0 Å². The molecule has 0 bridgehead atoms. The zero-order valence-electron chi connectivity index (χ0n) is 15.8. The van der Waals surface area contributed by atoms with Gasteiger partial charge in [0.1, 0.15) is 5.69 Å². The molecular weight excluding hydrogens is 451 g/mol. The fourth-order valence-corrected chi connectivity index (χ4v) is 3.71. The Labute approximate surface area is 185 Å². The molecule has 0 fully saturated rings. The molecule has 2 aromatic heterocycles. The summed E-state index contributed by atoms with van der Waals surface area (Å²) in [6.07, 6.45) is 3.29. The molecule has 31 heavy (non-hydrogen) atoms. The van der Waals surface area contributed by atoms with Gasteiger partial charge in [-0.1, -0.05) is 17.7 Å². The highest BCUT2D eigenvalue weighted by Crippen LogP contribution is 2.37. The number of hydrogen-bond acceptors (Lipinski definition) is 4. The van der Waals surface area contributed by atoms with Crippen molar-refractivity contribution < 1.29 is 18.4 Å². The lowest BCUT2D eigenvalue weighted by Gasteiger charge is -2.14. The maximum atomic E-state index is 14.2. The van der Waals surface area contributed by atoms with Crippen LogP contribution in [0.15, 0.2) is 42.7 Å². The van der Waals surface area contributed by atoms with E-state index in [1.165, 1.54) is 18.3 Å². The number of pyridine rings is 1. The van der Waals surface area contributed by atoms with Crippen LogP contribution in [0.4, 0.5) is 14.5 Å². The molecule has 0 unspecified atom stereocenters. The third kappa shape index (κ3) is 4.38. The Morgan fingerprint density at radius 1 is 1.23 bits per heavy atom.